The number of esters is 1. The van der Waals surface area contributed by atoms with Crippen molar-refractivity contribution >= 4 is 31.0 Å². The van der Waals surface area contributed by atoms with Crippen LogP contribution in [0.15, 0.2) is 48.8 Å². The number of aliphatic hydroxyl groups is 2. The van der Waals surface area contributed by atoms with Crippen molar-refractivity contribution in [1.82, 2.24) is 25.0 Å². The molecule has 0 saturated carbocycles. The Morgan fingerprint density at radius 1 is 1.24 bits per heavy atom. The zero-order valence-electron chi connectivity index (χ0n) is 24.7. The molecular formula is C28H36N7O9P. The average molecular weight is 646 g/mol. The summed E-state index contributed by atoms with van der Waals surface area (Å²) in [5.74, 6) is -0.630. The van der Waals surface area contributed by atoms with E-state index >= 15 is 0 Å². The zero-order chi connectivity index (χ0) is 32.6. The van der Waals surface area contributed by atoms with E-state index < -0.39 is 50.3 Å². The van der Waals surface area contributed by atoms with Crippen molar-refractivity contribution in [1.29, 1.82) is 5.26 Å². The van der Waals surface area contributed by atoms with E-state index in [4.69, 9.17) is 24.3 Å². The molecule has 0 radical (unpaired) electrons. The van der Waals surface area contributed by atoms with Gasteiger partial charge in [0.2, 0.25) is 11.5 Å². The number of nitrogens with one attached hydrogen (secondary N) is 2. The lowest BCUT2D eigenvalue weighted by molar-refractivity contribution is -0.145. The first-order valence-electron chi connectivity index (χ1n) is 14.2. The summed E-state index contributed by atoms with van der Waals surface area (Å²) in [4.78, 5) is 28.0. The number of aromatic nitrogens is 3. The Hall–Kier alpha value is -4.10. The second-order valence-electron chi connectivity index (χ2n) is 10.3. The molecule has 16 nitrogen and oxygen atoms in total. The summed E-state index contributed by atoms with van der Waals surface area (Å²) >= 11 is 0. The molecule has 0 aliphatic carbocycles. The van der Waals surface area contributed by atoms with E-state index in [0.717, 1.165) is 0 Å². The largest absolute Gasteiger partial charge is 0.465 e. The molecule has 1 saturated heterocycles. The lowest BCUT2D eigenvalue weighted by atomic mass is 9.96. The predicted molar refractivity (Wildman–Crippen MR) is 158 cm³/mol. The second-order valence-corrected chi connectivity index (χ2v) is 12.0. The predicted octanol–water partition coefficient (Wildman–Crippen LogP) is 1.40. The van der Waals surface area contributed by atoms with Crippen LogP contribution in [0.25, 0.3) is 5.52 Å². The fourth-order valence-corrected chi connectivity index (χ4v) is 6.33. The Morgan fingerprint density at radius 3 is 2.69 bits per heavy atom. The van der Waals surface area contributed by atoms with Crippen LogP contribution in [0.4, 0.5) is 5.82 Å². The molecule has 0 bridgehead atoms. The molecule has 2 aromatic heterocycles. The number of para-hydroxylation sites is 1. The number of nitriles is 1. The van der Waals surface area contributed by atoms with E-state index in [1.54, 1.807) is 37.3 Å². The molecule has 1 fully saturated rings. The number of nitrogens with zero attached hydrogens (tertiary/aromatic N) is 4. The molecule has 3 aromatic rings. The summed E-state index contributed by atoms with van der Waals surface area (Å²) in [5.41, 5.74) is 4.37. The van der Waals surface area contributed by atoms with Gasteiger partial charge in [-0.1, -0.05) is 18.2 Å². The van der Waals surface area contributed by atoms with Crippen LogP contribution >= 0.6 is 7.75 Å². The molecule has 17 heteroatoms. The molecule has 242 valence electrons. The Labute approximate surface area is 259 Å². The van der Waals surface area contributed by atoms with Crippen molar-refractivity contribution < 1.29 is 42.9 Å². The molecule has 3 heterocycles. The minimum absolute atomic E-state index is 0.0510. The van der Waals surface area contributed by atoms with Gasteiger partial charge in [0, 0.05) is 13.5 Å². The molecule has 4 rings (SSSR count). The molecule has 1 aliphatic rings. The number of fused-ring (bicyclic) bond motifs is 1. The van der Waals surface area contributed by atoms with Crippen LogP contribution < -0.4 is 20.7 Å². The minimum Gasteiger partial charge on any atom is -0.465 e. The minimum atomic E-state index is -4.51. The molecule has 1 aliphatic heterocycles. The number of nitrogen functional groups attached to an aromatic ring is 1. The topological polar surface area (TPSA) is 233 Å². The van der Waals surface area contributed by atoms with E-state index in [1.807, 2.05) is 6.07 Å². The van der Waals surface area contributed by atoms with E-state index in [0.29, 0.717) is 24.9 Å². The summed E-state index contributed by atoms with van der Waals surface area (Å²) in [7, 11) is -4.51. The highest BCUT2D eigenvalue weighted by molar-refractivity contribution is 7.52. The van der Waals surface area contributed by atoms with E-state index in [-0.39, 0.29) is 36.2 Å². The lowest BCUT2D eigenvalue weighted by Gasteiger charge is -2.29. The number of hydrogen-bond donors (Lipinski definition) is 5. The maximum Gasteiger partial charge on any atom is 0.459 e. The van der Waals surface area contributed by atoms with Gasteiger partial charge in [-0.15, -0.1) is 0 Å². The third-order valence-electron chi connectivity index (χ3n) is 7.04. The Kier molecular flexibility index (Phi) is 11.1. The van der Waals surface area contributed by atoms with Crippen molar-refractivity contribution in [3.63, 3.8) is 0 Å². The third-order valence-corrected chi connectivity index (χ3v) is 8.58. The molecule has 45 heavy (non-hydrogen) atoms. The van der Waals surface area contributed by atoms with Crippen molar-refractivity contribution in [2.75, 3.05) is 25.5 Å². The normalized spacial score (nSPS) is 23.1. The standard InChI is InChI=1S/C28H36N7O9P/c1-3-41-27(39)20(11-7-8-14-31-18(2)36)34-45(40,44-19-9-5-4-6-10-19)42-16-28(15-29)25(38)23(37)24(43-28)21-12-13-22-26(30)32-17-33-35(21)22/h4-6,9-10,12-13,17,20,23-25,37-38H,3,7-8,11,14,16H2,1-2H3,(H,31,36)(H,34,40)(H2,30,32,33)/t20-,23-,24-,25-,28+,45?/m0/s1. The van der Waals surface area contributed by atoms with Gasteiger partial charge in [-0.3, -0.25) is 14.1 Å². The quantitative estimate of drug-likeness (QED) is 0.0893. The number of carbonyl (C=O) groups is 2. The molecule has 6 N–H and O–H groups in total. The van der Waals surface area contributed by atoms with Gasteiger partial charge in [-0.2, -0.15) is 15.4 Å². The highest BCUT2D eigenvalue weighted by Crippen LogP contribution is 2.48. The van der Waals surface area contributed by atoms with Gasteiger partial charge in [-0.25, -0.2) is 14.1 Å². The summed E-state index contributed by atoms with van der Waals surface area (Å²) in [6.45, 7) is 2.60. The zero-order valence-corrected chi connectivity index (χ0v) is 25.6. The number of aliphatic hydroxyl groups excluding tert-OH is 2. The van der Waals surface area contributed by atoms with Crippen molar-refractivity contribution in [3.8, 4) is 11.8 Å². The van der Waals surface area contributed by atoms with Crippen molar-refractivity contribution in [2.45, 2.75) is 63.1 Å². The van der Waals surface area contributed by atoms with Crippen LogP contribution in [0.1, 0.15) is 44.9 Å². The fraction of sp³-hybridized carbons (Fsp3) is 0.464. The number of unbranched alkanes of at least 4 members (excludes halogenated alkanes) is 1. The van der Waals surface area contributed by atoms with E-state index in [1.165, 1.54) is 29.9 Å². The first kappa shape index (κ1) is 33.8. The summed E-state index contributed by atoms with van der Waals surface area (Å²) < 4.78 is 38.1. The van der Waals surface area contributed by atoms with Crippen LogP contribution in [0.5, 0.6) is 5.75 Å². The molecular weight excluding hydrogens is 609 g/mol. The maximum atomic E-state index is 14.2. The number of nitrogens with two attached hydrogens (primary N) is 1. The first-order chi connectivity index (χ1) is 21.5. The Balaban J connectivity index is 1.57. The maximum absolute atomic E-state index is 14.2. The average Bonchev–Trinajstić information content (AvgIpc) is 3.55. The molecule has 1 aromatic carbocycles. The number of hydrogen-bond acceptors (Lipinski definition) is 13. The number of ether oxygens (including phenoxy) is 2. The fourth-order valence-electron chi connectivity index (χ4n) is 4.77. The van der Waals surface area contributed by atoms with Gasteiger partial charge in [0.25, 0.3) is 0 Å². The molecule has 1 amide bonds. The van der Waals surface area contributed by atoms with Crippen molar-refractivity contribution in [2.24, 2.45) is 0 Å². The lowest BCUT2D eigenvalue weighted by Crippen LogP contribution is -2.46. The number of benzene rings is 1. The summed E-state index contributed by atoms with van der Waals surface area (Å²) in [6, 6.07) is 11.8. The first-order valence-corrected chi connectivity index (χ1v) is 15.8. The van der Waals surface area contributed by atoms with Crippen LogP contribution in [0, 0.1) is 11.3 Å². The van der Waals surface area contributed by atoms with Gasteiger partial charge in [0.05, 0.1) is 12.3 Å². The van der Waals surface area contributed by atoms with Crippen LogP contribution in [-0.4, -0.2) is 80.3 Å². The summed E-state index contributed by atoms with van der Waals surface area (Å²) in [5, 5.41) is 41.6. The second kappa shape index (κ2) is 14.8. The Bertz CT molecular complexity index is 1570. The number of carbonyl (C=O) groups excluding carboxylic acids is 2. The Morgan fingerprint density at radius 2 is 2.00 bits per heavy atom. The molecule has 6 atom stereocenters. The number of anilines is 1. The summed E-state index contributed by atoms with van der Waals surface area (Å²) in [6.07, 6.45) is -2.42. The molecule has 0 spiro atoms. The van der Waals surface area contributed by atoms with Gasteiger partial charge in [-0.05, 0) is 50.5 Å². The molecule has 1 unspecified atom stereocenters. The van der Waals surface area contributed by atoms with E-state index in [2.05, 4.69) is 20.5 Å². The third kappa shape index (κ3) is 7.95. The highest BCUT2D eigenvalue weighted by atomic mass is 31.2. The van der Waals surface area contributed by atoms with Crippen LogP contribution in [0.3, 0.4) is 0 Å². The number of amides is 1. The van der Waals surface area contributed by atoms with E-state index in [9.17, 15) is 29.6 Å². The SMILES string of the molecule is CCOC(=O)[C@H](CCCCNC(C)=O)NP(=O)(OC[C@@]1(C#N)O[C@@H](c2ccc3c(N)ncnn23)[C@H](O)[C@@H]1O)Oc1ccccc1. The van der Waals surface area contributed by atoms with Crippen LogP contribution in [0.2, 0.25) is 0 Å². The highest BCUT2D eigenvalue weighted by Gasteiger charge is 2.57. The van der Waals surface area contributed by atoms with Crippen molar-refractivity contribution in [3.05, 3.63) is 54.5 Å². The van der Waals surface area contributed by atoms with Gasteiger partial charge in [0.15, 0.2) is 5.82 Å². The van der Waals surface area contributed by atoms with Gasteiger partial charge < -0.3 is 35.3 Å². The van der Waals surface area contributed by atoms with Crippen LogP contribution in [-0.2, 0) is 28.2 Å². The van der Waals surface area contributed by atoms with Gasteiger partial charge in [0.1, 0.15) is 54.6 Å². The monoisotopic (exact) mass is 645 g/mol. The van der Waals surface area contributed by atoms with Gasteiger partial charge >= 0.3 is 13.7 Å². The smallest absolute Gasteiger partial charge is 0.459 e. The number of rotatable bonds is 15.